The molecule has 0 radical (unpaired) electrons. The Balaban J connectivity index is 1.83. The van der Waals surface area contributed by atoms with E-state index in [4.69, 9.17) is 12.2 Å². The van der Waals surface area contributed by atoms with Gasteiger partial charge in [0.05, 0.1) is 21.6 Å². The fourth-order valence-corrected chi connectivity index (χ4v) is 5.09. The van der Waals surface area contributed by atoms with Gasteiger partial charge in [0, 0.05) is 16.8 Å². The van der Waals surface area contributed by atoms with Crippen molar-refractivity contribution in [1.29, 1.82) is 0 Å². The molecule has 7 heteroatoms. The zero-order valence-corrected chi connectivity index (χ0v) is 17.0. The molecule has 1 fully saturated rings. The molecule has 0 bridgehead atoms. The molecule has 0 aliphatic carbocycles. The van der Waals surface area contributed by atoms with Crippen molar-refractivity contribution in [3.05, 3.63) is 80.5 Å². The van der Waals surface area contributed by atoms with Gasteiger partial charge in [0.1, 0.15) is 5.82 Å². The van der Waals surface area contributed by atoms with Crippen LogP contribution in [0.25, 0.3) is 0 Å². The fraction of sp³-hybridized carbons (Fsp3) is 0.158. The molecule has 1 aliphatic heterocycles. The van der Waals surface area contributed by atoms with E-state index in [1.54, 1.807) is 30.5 Å². The minimum Gasteiger partial charge on any atom is -0.351 e. The Bertz CT molecular complexity index is 960. The van der Waals surface area contributed by atoms with Crippen LogP contribution in [0.15, 0.2) is 58.5 Å². The first-order valence-electron chi connectivity index (χ1n) is 8.06. The predicted molar refractivity (Wildman–Crippen MR) is 111 cm³/mol. The van der Waals surface area contributed by atoms with Gasteiger partial charge in [-0.1, -0.05) is 6.07 Å². The van der Waals surface area contributed by atoms with Gasteiger partial charge < -0.3 is 10.2 Å². The summed E-state index contributed by atoms with van der Waals surface area (Å²) in [6, 6.07) is 14.9. The third-order valence-corrected chi connectivity index (χ3v) is 6.41. The van der Waals surface area contributed by atoms with Gasteiger partial charge in [-0.3, -0.25) is 4.98 Å². The summed E-state index contributed by atoms with van der Waals surface area (Å²) >= 11 is 10.9. The summed E-state index contributed by atoms with van der Waals surface area (Å²) in [6.07, 6.45) is 1.78. The van der Waals surface area contributed by atoms with Gasteiger partial charge in [-0.05, 0) is 83.1 Å². The van der Waals surface area contributed by atoms with Crippen molar-refractivity contribution >= 4 is 50.3 Å². The molecule has 2 atom stereocenters. The summed E-state index contributed by atoms with van der Waals surface area (Å²) in [5.74, 6) is -0.219. The molecule has 0 saturated carbocycles. The molecular weight excluding hydrogens is 433 g/mol. The van der Waals surface area contributed by atoms with E-state index < -0.39 is 0 Å². The molecule has 0 spiro atoms. The number of pyridine rings is 1. The highest BCUT2D eigenvalue weighted by Gasteiger charge is 2.41. The Hall–Kier alpha value is -1.83. The van der Waals surface area contributed by atoms with E-state index in [1.165, 1.54) is 6.07 Å². The number of anilines is 1. The number of thiocarbonyl (C=S) groups is 1. The topological polar surface area (TPSA) is 28.2 Å². The van der Waals surface area contributed by atoms with Gasteiger partial charge in [0.25, 0.3) is 0 Å². The van der Waals surface area contributed by atoms with Crippen LogP contribution in [0.5, 0.6) is 0 Å². The number of hydrogen-bond donors (Lipinski definition) is 1. The Kier molecular flexibility index (Phi) is 4.77. The normalized spacial score (nSPS) is 19.7. The molecule has 132 valence electrons. The Morgan fingerprint density at radius 1 is 1.23 bits per heavy atom. The highest BCUT2D eigenvalue weighted by Crippen LogP contribution is 2.44. The van der Waals surface area contributed by atoms with Crippen molar-refractivity contribution in [3.8, 4) is 0 Å². The van der Waals surface area contributed by atoms with E-state index in [2.05, 4.69) is 37.2 Å². The predicted octanol–water partition coefficient (Wildman–Crippen LogP) is 5.53. The van der Waals surface area contributed by atoms with Gasteiger partial charge in [-0.15, -0.1) is 11.3 Å². The maximum atomic E-state index is 13.8. The van der Waals surface area contributed by atoms with Gasteiger partial charge in [0.2, 0.25) is 0 Å². The lowest BCUT2D eigenvalue weighted by molar-refractivity contribution is 0.574. The second kappa shape index (κ2) is 7.06. The molecule has 1 aliphatic rings. The Morgan fingerprint density at radius 3 is 2.73 bits per heavy atom. The molecule has 26 heavy (non-hydrogen) atoms. The van der Waals surface area contributed by atoms with Crippen molar-refractivity contribution in [3.63, 3.8) is 0 Å². The molecule has 0 unspecified atom stereocenters. The highest BCUT2D eigenvalue weighted by molar-refractivity contribution is 9.11. The molecule has 3 nitrogen and oxygen atoms in total. The first-order valence-corrected chi connectivity index (χ1v) is 10.1. The number of aromatic nitrogens is 1. The third kappa shape index (κ3) is 3.15. The van der Waals surface area contributed by atoms with Crippen LogP contribution in [0.1, 0.15) is 28.2 Å². The second-order valence-electron chi connectivity index (χ2n) is 6.07. The Morgan fingerprint density at radius 2 is 2.08 bits per heavy atom. The maximum Gasteiger partial charge on any atom is 0.174 e. The molecule has 1 aromatic carbocycles. The van der Waals surface area contributed by atoms with E-state index in [0.717, 1.165) is 20.0 Å². The first kappa shape index (κ1) is 17.6. The van der Waals surface area contributed by atoms with Crippen LogP contribution in [0, 0.1) is 12.7 Å². The van der Waals surface area contributed by atoms with E-state index in [1.807, 2.05) is 30.3 Å². The van der Waals surface area contributed by atoms with Crippen molar-refractivity contribution in [1.82, 2.24) is 10.3 Å². The van der Waals surface area contributed by atoms with Gasteiger partial charge >= 0.3 is 0 Å². The largest absolute Gasteiger partial charge is 0.351 e. The summed E-state index contributed by atoms with van der Waals surface area (Å²) in [5, 5.41) is 4.02. The molecule has 0 amide bonds. The van der Waals surface area contributed by atoms with Crippen molar-refractivity contribution in [2.45, 2.75) is 19.0 Å². The minimum absolute atomic E-state index is 0.0569. The summed E-state index contributed by atoms with van der Waals surface area (Å²) in [6.45, 7) is 1.76. The molecular formula is C19H15BrFN3S2. The quantitative estimate of drug-likeness (QED) is 0.534. The summed E-state index contributed by atoms with van der Waals surface area (Å²) in [7, 11) is 0. The molecule has 2 aromatic heterocycles. The zero-order chi connectivity index (χ0) is 18.3. The zero-order valence-electron chi connectivity index (χ0n) is 13.8. The molecule has 3 aromatic rings. The number of nitrogens with zero attached hydrogens (tertiary/aromatic N) is 2. The number of nitrogens with one attached hydrogen (secondary N) is 1. The van der Waals surface area contributed by atoms with Crippen LogP contribution >= 0.6 is 39.5 Å². The average molecular weight is 448 g/mol. The van der Waals surface area contributed by atoms with E-state index >= 15 is 0 Å². The lowest BCUT2D eigenvalue weighted by atomic mass is 10.0. The SMILES string of the molecule is Cc1cc(N2C(=S)N[C@@H](c3ccccn3)[C@@H]2c2ccc(Br)s2)ccc1F. The van der Waals surface area contributed by atoms with Gasteiger partial charge in [0.15, 0.2) is 5.11 Å². The minimum atomic E-state index is -0.219. The number of thiophene rings is 1. The smallest absolute Gasteiger partial charge is 0.174 e. The van der Waals surface area contributed by atoms with Gasteiger partial charge in [-0.25, -0.2) is 4.39 Å². The number of aryl methyl sites for hydroxylation is 1. The maximum absolute atomic E-state index is 13.8. The van der Waals surface area contributed by atoms with E-state index in [0.29, 0.717) is 10.7 Å². The molecule has 1 N–H and O–H groups in total. The van der Waals surface area contributed by atoms with Crippen LogP contribution in [0.3, 0.4) is 0 Å². The van der Waals surface area contributed by atoms with Crippen LogP contribution in [0.2, 0.25) is 0 Å². The fourth-order valence-electron chi connectivity index (χ4n) is 3.19. The summed E-state index contributed by atoms with van der Waals surface area (Å²) in [4.78, 5) is 7.73. The number of hydrogen-bond acceptors (Lipinski definition) is 3. The summed E-state index contributed by atoms with van der Waals surface area (Å²) < 4.78 is 14.8. The van der Waals surface area contributed by atoms with Crippen molar-refractivity contribution in [2.75, 3.05) is 4.90 Å². The Labute approximate surface area is 169 Å². The number of rotatable bonds is 3. The molecule has 1 saturated heterocycles. The van der Waals surface area contributed by atoms with Crippen LogP contribution in [-0.2, 0) is 0 Å². The number of halogens is 2. The van der Waals surface area contributed by atoms with E-state index in [-0.39, 0.29) is 17.9 Å². The molecule has 3 heterocycles. The first-order chi connectivity index (χ1) is 12.5. The third-order valence-electron chi connectivity index (χ3n) is 4.40. The van der Waals surface area contributed by atoms with Crippen LogP contribution in [0.4, 0.5) is 10.1 Å². The summed E-state index contributed by atoms with van der Waals surface area (Å²) in [5.41, 5.74) is 2.39. The molecule has 4 rings (SSSR count). The lowest BCUT2D eigenvalue weighted by Crippen LogP contribution is -2.29. The van der Waals surface area contributed by atoms with Crippen molar-refractivity contribution in [2.24, 2.45) is 0 Å². The lowest BCUT2D eigenvalue weighted by Gasteiger charge is -2.27. The van der Waals surface area contributed by atoms with Crippen LogP contribution < -0.4 is 10.2 Å². The van der Waals surface area contributed by atoms with Crippen LogP contribution in [-0.4, -0.2) is 10.1 Å². The van der Waals surface area contributed by atoms with Crippen molar-refractivity contribution < 1.29 is 4.39 Å². The average Bonchev–Trinajstić information content (AvgIpc) is 3.21. The second-order valence-corrected chi connectivity index (χ2v) is 8.95. The number of benzene rings is 1. The monoisotopic (exact) mass is 447 g/mol. The standard InChI is InChI=1S/C19H15BrFN3S2/c1-11-10-12(5-6-13(11)21)24-18(15-7-8-16(20)26-15)17(23-19(24)25)14-4-2-3-9-22-14/h2-10,17-18H,1H3,(H,23,25)/t17-,18-/m0/s1. The highest BCUT2D eigenvalue weighted by atomic mass is 79.9. The van der Waals surface area contributed by atoms with Gasteiger partial charge in [-0.2, -0.15) is 0 Å². The van der Waals surface area contributed by atoms with E-state index in [9.17, 15) is 4.39 Å².